The molecule has 5 rings (SSSR count). The van der Waals surface area contributed by atoms with E-state index in [0.717, 1.165) is 27.6 Å². The topological polar surface area (TPSA) is 55.8 Å². The molecule has 0 spiro atoms. The number of hydrogen-bond acceptors (Lipinski definition) is 4. The van der Waals surface area contributed by atoms with Crippen LogP contribution >= 0.6 is 0 Å². The van der Waals surface area contributed by atoms with Gasteiger partial charge < -0.3 is 14.4 Å². The summed E-state index contributed by atoms with van der Waals surface area (Å²) < 4.78 is 11.4. The number of nitrogens with zero attached hydrogens (tertiary/aromatic N) is 1. The Hall–Kier alpha value is -3.34. The molecule has 0 aliphatic carbocycles. The first-order valence-electron chi connectivity index (χ1n) is 10.2. The van der Waals surface area contributed by atoms with E-state index in [1.165, 1.54) is 0 Å². The zero-order valence-corrected chi connectivity index (χ0v) is 17.1. The summed E-state index contributed by atoms with van der Waals surface area (Å²) in [6.45, 7) is 0.551. The van der Waals surface area contributed by atoms with Gasteiger partial charge in [-0.15, -0.1) is 0 Å². The molecule has 0 unspecified atom stereocenters. The minimum Gasteiger partial charge on any atom is -0.496 e. The van der Waals surface area contributed by atoms with Crippen LogP contribution in [0.2, 0.25) is 0 Å². The van der Waals surface area contributed by atoms with Crippen molar-refractivity contribution in [2.24, 2.45) is 5.92 Å². The van der Waals surface area contributed by atoms with Gasteiger partial charge >= 0.3 is 0 Å². The molecule has 3 aromatic rings. The number of ketones is 1. The lowest BCUT2D eigenvalue weighted by Crippen LogP contribution is -2.31. The van der Waals surface area contributed by atoms with Crippen molar-refractivity contribution in [2.75, 3.05) is 20.8 Å². The van der Waals surface area contributed by atoms with Gasteiger partial charge in [-0.3, -0.25) is 9.59 Å². The molecule has 5 heteroatoms. The van der Waals surface area contributed by atoms with Gasteiger partial charge in [0.1, 0.15) is 11.5 Å². The fourth-order valence-corrected chi connectivity index (χ4v) is 5.09. The number of ether oxygens (including phenoxy) is 2. The summed E-state index contributed by atoms with van der Waals surface area (Å²) >= 11 is 0. The highest BCUT2D eigenvalue weighted by Crippen LogP contribution is 2.49. The number of hydrogen-bond donors (Lipinski definition) is 0. The Bertz CT molecular complexity index is 1150. The van der Waals surface area contributed by atoms with Crippen LogP contribution < -0.4 is 9.47 Å². The molecule has 3 aromatic carbocycles. The second-order valence-corrected chi connectivity index (χ2v) is 7.85. The maximum absolute atomic E-state index is 13.5. The molecule has 2 atom stereocenters. The van der Waals surface area contributed by atoms with Gasteiger partial charge in [-0.05, 0) is 29.3 Å². The van der Waals surface area contributed by atoms with Crippen LogP contribution in [0.1, 0.15) is 33.9 Å². The van der Waals surface area contributed by atoms with E-state index < -0.39 is 5.92 Å². The Morgan fingerprint density at radius 3 is 2.37 bits per heavy atom. The molecule has 152 valence electrons. The van der Waals surface area contributed by atoms with Crippen LogP contribution in [0, 0.1) is 5.92 Å². The summed E-state index contributed by atoms with van der Waals surface area (Å²) in [7, 11) is 3.30. The van der Waals surface area contributed by atoms with Crippen LogP contribution in [0.25, 0.3) is 10.8 Å². The first-order chi connectivity index (χ1) is 14.6. The zero-order chi connectivity index (χ0) is 20.8. The van der Waals surface area contributed by atoms with Crippen molar-refractivity contribution in [3.8, 4) is 11.5 Å². The van der Waals surface area contributed by atoms with Crippen molar-refractivity contribution in [1.82, 2.24) is 4.90 Å². The number of rotatable bonds is 4. The van der Waals surface area contributed by atoms with Gasteiger partial charge in [-0.1, -0.05) is 42.5 Å². The van der Waals surface area contributed by atoms with E-state index >= 15 is 0 Å². The Kier molecular flexibility index (Phi) is 4.46. The number of methoxy groups -OCH3 is 2. The highest BCUT2D eigenvalue weighted by atomic mass is 16.5. The highest BCUT2D eigenvalue weighted by Gasteiger charge is 2.47. The van der Waals surface area contributed by atoms with Crippen LogP contribution in [0.15, 0.2) is 54.6 Å². The van der Waals surface area contributed by atoms with Crippen molar-refractivity contribution in [3.63, 3.8) is 0 Å². The number of carbonyl (C=O) groups is 2. The van der Waals surface area contributed by atoms with E-state index in [4.69, 9.17) is 9.47 Å². The van der Waals surface area contributed by atoms with Crippen molar-refractivity contribution >= 4 is 22.5 Å². The molecule has 30 heavy (non-hydrogen) atoms. The highest BCUT2D eigenvalue weighted by molar-refractivity contribution is 6.04. The third kappa shape index (κ3) is 2.69. The Morgan fingerprint density at radius 1 is 0.967 bits per heavy atom. The van der Waals surface area contributed by atoms with E-state index in [-0.39, 0.29) is 24.2 Å². The Balaban J connectivity index is 1.76. The second kappa shape index (κ2) is 7.17. The number of amides is 1. The van der Waals surface area contributed by atoms with Gasteiger partial charge in [-0.2, -0.15) is 0 Å². The van der Waals surface area contributed by atoms with Crippen LogP contribution in [0.3, 0.4) is 0 Å². The molecule has 2 aliphatic heterocycles. The monoisotopic (exact) mass is 401 g/mol. The number of carbonyl (C=O) groups excluding carboxylic acids is 2. The lowest BCUT2D eigenvalue weighted by Gasteiger charge is -2.28. The Labute approximate surface area is 175 Å². The van der Waals surface area contributed by atoms with E-state index in [1.807, 2.05) is 59.5 Å². The standard InChI is InChI=1S/C25H23NO4/c1-29-19-10-8-15-9-11-20(30-2)23-22(15)17(19)12-13-26-21(27)14-18(24(23)26)25(28)16-6-4-3-5-7-16/h3-11,18,24H,12-14H2,1-2H3/t18-,24-/m0/s1. The first kappa shape index (κ1) is 18.7. The maximum Gasteiger partial charge on any atom is 0.223 e. The average molecular weight is 401 g/mol. The van der Waals surface area contributed by atoms with Crippen molar-refractivity contribution < 1.29 is 19.1 Å². The van der Waals surface area contributed by atoms with Crippen LogP contribution in [-0.4, -0.2) is 37.4 Å². The number of fused-ring (bicyclic) bond motifs is 2. The molecule has 0 saturated carbocycles. The minimum absolute atomic E-state index is 0.00172. The quantitative estimate of drug-likeness (QED) is 0.616. The van der Waals surface area contributed by atoms with E-state index in [1.54, 1.807) is 14.2 Å². The van der Waals surface area contributed by atoms with Gasteiger partial charge in [0.2, 0.25) is 5.91 Å². The summed E-state index contributed by atoms with van der Waals surface area (Å²) in [5, 5.41) is 2.11. The summed E-state index contributed by atoms with van der Waals surface area (Å²) in [4.78, 5) is 28.4. The SMILES string of the molecule is COc1ccc2ccc(OC)c3c2c1CCN1C(=O)C[C@H](C(=O)c2ccccc2)[C@@H]31. The largest absolute Gasteiger partial charge is 0.496 e. The summed E-state index contributed by atoms with van der Waals surface area (Å²) in [5.41, 5.74) is 2.62. The van der Waals surface area contributed by atoms with Crippen LogP contribution in [-0.2, 0) is 11.2 Å². The summed E-state index contributed by atoms with van der Waals surface area (Å²) in [6.07, 6.45) is 0.895. The normalized spacial score (nSPS) is 20.1. The molecule has 0 aromatic heterocycles. The Morgan fingerprint density at radius 2 is 1.67 bits per heavy atom. The third-order valence-corrected chi connectivity index (χ3v) is 6.42. The van der Waals surface area contributed by atoms with Gasteiger partial charge in [0, 0.05) is 29.7 Å². The first-order valence-corrected chi connectivity index (χ1v) is 10.2. The molecule has 5 nitrogen and oxygen atoms in total. The van der Waals surface area contributed by atoms with E-state index in [2.05, 4.69) is 0 Å². The van der Waals surface area contributed by atoms with Gasteiger partial charge in [0.25, 0.3) is 0 Å². The van der Waals surface area contributed by atoms with E-state index in [0.29, 0.717) is 24.3 Å². The van der Waals surface area contributed by atoms with Gasteiger partial charge in [0.15, 0.2) is 5.78 Å². The molecular formula is C25H23NO4. The van der Waals surface area contributed by atoms with Crippen molar-refractivity contribution in [1.29, 1.82) is 0 Å². The van der Waals surface area contributed by atoms with Gasteiger partial charge in [-0.25, -0.2) is 0 Å². The predicted octanol–water partition coefficient (Wildman–Crippen LogP) is 4.19. The molecule has 1 saturated heterocycles. The fourth-order valence-electron chi connectivity index (χ4n) is 5.09. The smallest absolute Gasteiger partial charge is 0.223 e. The minimum atomic E-state index is -0.448. The molecule has 0 bridgehead atoms. The summed E-state index contributed by atoms with van der Waals surface area (Å²) in [6, 6.07) is 16.9. The summed E-state index contributed by atoms with van der Waals surface area (Å²) in [5.74, 6) is 1.07. The molecular weight excluding hydrogens is 378 g/mol. The van der Waals surface area contributed by atoms with Crippen LogP contribution in [0.5, 0.6) is 11.5 Å². The maximum atomic E-state index is 13.5. The van der Waals surface area contributed by atoms with Crippen molar-refractivity contribution in [2.45, 2.75) is 18.9 Å². The fraction of sp³-hybridized carbons (Fsp3) is 0.280. The van der Waals surface area contributed by atoms with Crippen molar-refractivity contribution in [3.05, 3.63) is 71.3 Å². The number of benzene rings is 3. The molecule has 2 heterocycles. The molecule has 0 N–H and O–H groups in total. The lowest BCUT2D eigenvalue weighted by molar-refractivity contribution is -0.128. The number of Topliss-reactive ketones (excluding diaryl/α,β-unsaturated/α-hetero) is 1. The second-order valence-electron chi connectivity index (χ2n) is 7.85. The third-order valence-electron chi connectivity index (χ3n) is 6.42. The molecule has 0 radical (unpaired) electrons. The zero-order valence-electron chi connectivity index (χ0n) is 17.1. The molecule has 1 fully saturated rings. The van der Waals surface area contributed by atoms with E-state index in [9.17, 15) is 9.59 Å². The predicted molar refractivity (Wildman–Crippen MR) is 114 cm³/mol. The molecule has 1 amide bonds. The lowest BCUT2D eigenvalue weighted by atomic mass is 9.84. The molecule has 2 aliphatic rings. The average Bonchev–Trinajstić information content (AvgIpc) is 3.00. The van der Waals surface area contributed by atoms with Gasteiger partial charge in [0.05, 0.1) is 26.2 Å². The van der Waals surface area contributed by atoms with Crippen LogP contribution in [0.4, 0.5) is 0 Å².